The average Bonchev–Trinajstić information content (AvgIpc) is 1.59. The van der Waals surface area contributed by atoms with Gasteiger partial charge in [-0.3, -0.25) is 0 Å². The maximum Gasteiger partial charge on any atom is 0.152 e. The van der Waals surface area contributed by atoms with Crippen LogP contribution in [0.1, 0.15) is 26.7 Å². The third-order valence-corrected chi connectivity index (χ3v) is 1.78. The molecule has 0 aromatic heterocycles. The lowest BCUT2D eigenvalue weighted by Gasteiger charge is -2.16. The molecule has 0 aliphatic rings. The Morgan fingerprint density at radius 3 is 2.40 bits per heavy atom. The lowest BCUT2D eigenvalue weighted by atomic mass is 10.0. The minimum Gasteiger partial charge on any atom is -0.326 e. The molecule has 0 amide bonds. The molecular weight excluding hydrogens is 150 g/mol. The molecule has 0 spiro atoms. The van der Waals surface area contributed by atoms with Gasteiger partial charge in [-0.15, -0.1) is 0 Å². The molecule has 0 saturated heterocycles. The van der Waals surface area contributed by atoms with Crippen LogP contribution in [0.3, 0.4) is 0 Å². The molecule has 10 heavy (non-hydrogen) atoms. The van der Waals surface area contributed by atoms with Gasteiger partial charge in [-0.1, -0.05) is 0 Å². The van der Waals surface area contributed by atoms with E-state index in [4.69, 9.17) is 10.3 Å². The summed E-state index contributed by atoms with van der Waals surface area (Å²) in [6, 6.07) is 0. The quantitative estimate of drug-likeness (QED) is 0.603. The first kappa shape index (κ1) is 10.1. The molecule has 0 saturated carbocycles. The Balaban J connectivity index is 3.29. The van der Waals surface area contributed by atoms with E-state index in [0.717, 1.165) is 6.42 Å². The summed E-state index contributed by atoms with van der Waals surface area (Å²) in [6.07, 6.45) is 1.51. The lowest BCUT2D eigenvalue weighted by molar-refractivity contribution is 0.467. The summed E-state index contributed by atoms with van der Waals surface area (Å²) in [7, 11) is 0. The van der Waals surface area contributed by atoms with Crippen molar-refractivity contribution in [3.63, 3.8) is 0 Å². The predicted octanol–water partition coefficient (Wildman–Crippen LogP) is 0.726. The van der Waals surface area contributed by atoms with Crippen LogP contribution in [-0.4, -0.2) is 20.1 Å². The fourth-order valence-electron chi connectivity index (χ4n) is 0.651. The Morgan fingerprint density at radius 2 is 2.10 bits per heavy atom. The van der Waals surface area contributed by atoms with Gasteiger partial charge in [0.2, 0.25) is 0 Å². The summed E-state index contributed by atoms with van der Waals surface area (Å²) in [5.74, 6) is 0.334. The van der Waals surface area contributed by atoms with Crippen molar-refractivity contribution in [1.82, 2.24) is 0 Å². The fraction of sp³-hybridized carbons (Fsp3) is 1.00. The van der Waals surface area contributed by atoms with E-state index in [1.165, 1.54) is 0 Å². The third kappa shape index (κ3) is 8.07. The highest BCUT2D eigenvalue weighted by molar-refractivity contribution is 7.79. The summed E-state index contributed by atoms with van der Waals surface area (Å²) in [5.41, 5.74) is 5.43. The highest BCUT2D eigenvalue weighted by atomic mass is 32.2. The van der Waals surface area contributed by atoms with E-state index >= 15 is 0 Å². The molecule has 3 nitrogen and oxygen atoms in total. The van der Waals surface area contributed by atoms with Gasteiger partial charge in [-0.25, -0.2) is 4.21 Å². The maximum atomic E-state index is 10.2. The van der Waals surface area contributed by atoms with Gasteiger partial charge in [0, 0.05) is 11.3 Å². The van der Waals surface area contributed by atoms with E-state index in [0.29, 0.717) is 12.2 Å². The topological polar surface area (TPSA) is 63.3 Å². The van der Waals surface area contributed by atoms with Gasteiger partial charge in [-0.2, -0.15) is 0 Å². The van der Waals surface area contributed by atoms with Gasteiger partial charge in [0.25, 0.3) is 0 Å². The Bertz CT molecular complexity index is 119. The minimum absolute atomic E-state index is 0.209. The van der Waals surface area contributed by atoms with Crippen molar-refractivity contribution < 1.29 is 8.76 Å². The molecule has 1 unspecified atom stereocenters. The van der Waals surface area contributed by atoms with E-state index in [2.05, 4.69) is 0 Å². The number of rotatable bonds is 4. The minimum atomic E-state index is -1.66. The van der Waals surface area contributed by atoms with Gasteiger partial charge in [-0.05, 0) is 26.7 Å². The van der Waals surface area contributed by atoms with Crippen LogP contribution in [0.25, 0.3) is 0 Å². The zero-order valence-electron chi connectivity index (χ0n) is 6.46. The third-order valence-electron chi connectivity index (χ3n) is 1.14. The molecule has 3 N–H and O–H groups in total. The first-order valence-corrected chi connectivity index (χ1v) is 4.56. The smallest absolute Gasteiger partial charge is 0.152 e. The van der Waals surface area contributed by atoms with Gasteiger partial charge >= 0.3 is 0 Å². The fourth-order valence-corrected chi connectivity index (χ4v) is 1.04. The molecule has 1 atom stereocenters. The van der Waals surface area contributed by atoms with Gasteiger partial charge in [0.1, 0.15) is 0 Å². The summed E-state index contributed by atoms with van der Waals surface area (Å²) in [4.78, 5) is 0. The van der Waals surface area contributed by atoms with Crippen LogP contribution < -0.4 is 5.73 Å². The van der Waals surface area contributed by atoms with Crippen molar-refractivity contribution in [2.24, 2.45) is 5.73 Å². The van der Waals surface area contributed by atoms with E-state index in [1.807, 2.05) is 13.8 Å². The molecule has 0 heterocycles. The second-order valence-corrected chi connectivity index (χ2v) is 4.17. The predicted molar refractivity (Wildman–Crippen MR) is 43.1 cm³/mol. The molecule has 4 heteroatoms. The number of hydrogen-bond acceptors (Lipinski definition) is 2. The second-order valence-electron chi connectivity index (χ2n) is 3.12. The maximum absolute atomic E-state index is 10.2. The monoisotopic (exact) mass is 165 g/mol. The summed E-state index contributed by atoms with van der Waals surface area (Å²) < 4.78 is 18.5. The molecule has 0 bridgehead atoms. The normalized spacial score (nSPS) is 15.2. The largest absolute Gasteiger partial charge is 0.326 e. The zero-order valence-corrected chi connectivity index (χ0v) is 7.28. The molecular formula is C6H15NO2S. The lowest BCUT2D eigenvalue weighted by Crippen LogP contribution is -2.31. The SMILES string of the molecule is CC(C)(N)CCCS(=O)O. The Hall–Kier alpha value is 0.0700. The first-order valence-electron chi connectivity index (χ1n) is 3.28. The standard InChI is InChI=1S/C6H15NO2S/c1-6(2,7)4-3-5-10(8)9/h3-5,7H2,1-2H3,(H,8,9). The van der Waals surface area contributed by atoms with Crippen molar-refractivity contribution in [3.8, 4) is 0 Å². The van der Waals surface area contributed by atoms with Gasteiger partial charge in [0.05, 0.1) is 0 Å². The Kier molecular flexibility index (Phi) is 4.08. The molecule has 0 aromatic carbocycles. The average molecular weight is 165 g/mol. The van der Waals surface area contributed by atoms with Gasteiger partial charge < -0.3 is 10.3 Å². The van der Waals surface area contributed by atoms with Crippen molar-refractivity contribution in [2.75, 3.05) is 5.75 Å². The summed E-state index contributed by atoms with van der Waals surface area (Å²) in [6.45, 7) is 3.82. The number of hydrogen-bond donors (Lipinski definition) is 2. The summed E-state index contributed by atoms with van der Waals surface area (Å²) in [5, 5.41) is 0. The van der Waals surface area contributed by atoms with Crippen LogP contribution in [-0.2, 0) is 11.1 Å². The Labute approximate surface area is 64.3 Å². The molecule has 0 rings (SSSR count). The molecule has 62 valence electrons. The van der Waals surface area contributed by atoms with Crippen molar-refractivity contribution in [2.45, 2.75) is 32.2 Å². The highest BCUT2D eigenvalue weighted by Crippen LogP contribution is 2.06. The number of nitrogens with two attached hydrogens (primary N) is 1. The van der Waals surface area contributed by atoms with E-state index in [9.17, 15) is 4.21 Å². The van der Waals surface area contributed by atoms with Crippen LogP contribution in [0.5, 0.6) is 0 Å². The molecule has 0 aromatic rings. The summed E-state index contributed by atoms with van der Waals surface area (Å²) >= 11 is -1.66. The van der Waals surface area contributed by atoms with Crippen molar-refractivity contribution >= 4 is 11.1 Å². The highest BCUT2D eigenvalue weighted by Gasteiger charge is 2.09. The van der Waals surface area contributed by atoms with Crippen molar-refractivity contribution in [3.05, 3.63) is 0 Å². The van der Waals surface area contributed by atoms with E-state index < -0.39 is 11.1 Å². The van der Waals surface area contributed by atoms with Crippen LogP contribution in [0.4, 0.5) is 0 Å². The zero-order chi connectivity index (χ0) is 8.20. The van der Waals surface area contributed by atoms with Crippen LogP contribution in [0.2, 0.25) is 0 Å². The molecule has 0 radical (unpaired) electrons. The van der Waals surface area contributed by atoms with E-state index in [1.54, 1.807) is 0 Å². The molecule has 0 aliphatic carbocycles. The molecule has 0 fully saturated rings. The van der Waals surface area contributed by atoms with Crippen LogP contribution in [0, 0.1) is 0 Å². The van der Waals surface area contributed by atoms with Crippen LogP contribution >= 0.6 is 0 Å². The second kappa shape index (κ2) is 4.05. The van der Waals surface area contributed by atoms with E-state index in [-0.39, 0.29) is 5.54 Å². The first-order chi connectivity index (χ1) is 4.42. The van der Waals surface area contributed by atoms with Crippen molar-refractivity contribution in [1.29, 1.82) is 0 Å². The Morgan fingerprint density at radius 1 is 1.60 bits per heavy atom. The van der Waals surface area contributed by atoms with Crippen LogP contribution in [0.15, 0.2) is 0 Å². The molecule has 0 aliphatic heterocycles. The van der Waals surface area contributed by atoms with Gasteiger partial charge in [0.15, 0.2) is 11.1 Å².